The molecule has 4 aromatic rings. The van der Waals surface area contributed by atoms with E-state index in [0.717, 1.165) is 32.5 Å². The molecule has 0 amide bonds. The minimum absolute atomic E-state index is 0.261. The van der Waals surface area contributed by atoms with E-state index in [1.54, 1.807) is 6.07 Å². The maximum atomic E-state index is 15.4. The molecule has 0 spiro atoms. The van der Waals surface area contributed by atoms with Crippen molar-refractivity contribution >= 4 is 34.8 Å². The van der Waals surface area contributed by atoms with E-state index >= 15 is 4.39 Å². The van der Waals surface area contributed by atoms with Crippen LogP contribution in [0.3, 0.4) is 0 Å². The van der Waals surface area contributed by atoms with Crippen LogP contribution in [0.25, 0.3) is 22.2 Å². The Hall–Kier alpha value is -2.61. The number of aryl methyl sites for hydroxylation is 1. The largest absolute Gasteiger partial charge is 0.494 e. The van der Waals surface area contributed by atoms with E-state index in [2.05, 4.69) is 68.7 Å². The number of thiophene rings is 1. The van der Waals surface area contributed by atoms with Crippen molar-refractivity contribution in [3.63, 3.8) is 0 Å². The minimum Gasteiger partial charge on any atom is -0.464 e. The Balaban J connectivity index is 1.38. The van der Waals surface area contributed by atoms with Gasteiger partial charge in [-0.2, -0.15) is 0 Å². The Labute approximate surface area is 215 Å². The lowest BCUT2D eigenvalue weighted by Gasteiger charge is -2.32. The number of fused-ring (bicyclic) bond motifs is 5. The second-order valence-electron chi connectivity index (χ2n) is 11.4. The van der Waals surface area contributed by atoms with Gasteiger partial charge in [0.15, 0.2) is 0 Å². The number of hydrogen-bond donors (Lipinski definition) is 0. The van der Waals surface area contributed by atoms with Crippen LogP contribution >= 0.6 is 11.3 Å². The minimum atomic E-state index is -0.451. The van der Waals surface area contributed by atoms with Crippen molar-refractivity contribution in [2.45, 2.75) is 70.8 Å². The molecule has 1 atom stereocenters. The number of aromatic nitrogens is 1. The number of ether oxygens (including phenoxy) is 1. The predicted molar refractivity (Wildman–Crippen MR) is 143 cm³/mol. The molecule has 184 valence electrons. The van der Waals surface area contributed by atoms with Crippen LogP contribution in [0, 0.1) is 12.7 Å². The summed E-state index contributed by atoms with van der Waals surface area (Å²) in [6, 6.07) is 16.3. The van der Waals surface area contributed by atoms with Crippen LogP contribution in [-0.4, -0.2) is 22.9 Å². The molecule has 4 heterocycles. The van der Waals surface area contributed by atoms with Crippen LogP contribution in [0.4, 0.5) is 4.39 Å². The molecule has 1 saturated carbocycles. The summed E-state index contributed by atoms with van der Waals surface area (Å²) in [5.74, 6) is 1.02. The average molecular weight is 501 g/mol. The zero-order chi connectivity index (χ0) is 25.0. The third-order valence-electron chi connectivity index (χ3n) is 8.19. The third-order valence-corrected chi connectivity index (χ3v) is 9.47. The summed E-state index contributed by atoms with van der Waals surface area (Å²) in [6.07, 6.45) is 2.18. The van der Waals surface area contributed by atoms with Gasteiger partial charge < -0.3 is 14.0 Å². The van der Waals surface area contributed by atoms with Gasteiger partial charge in [0.1, 0.15) is 11.6 Å². The second-order valence-corrected chi connectivity index (χ2v) is 12.6. The van der Waals surface area contributed by atoms with Crippen molar-refractivity contribution in [1.82, 2.24) is 4.57 Å². The van der Waals surface area contributed by atoms with Gasteiger partial charge in [-0.25, -0.2) is 4.39 Å². The molecule has 36 heavy (non-hydrogen) atoms. The fourth-order valence-corrected chi connectivity index (χ4v) is 6.53. The Kier molecular flexibility index (Phi) is 4.68. The molecule has 7 rings (SSSR count). The summed E-state index contributed by atoms with van der Waals surface area (Å²) in [5.41, 5.74) is 3.34. The van der Waals surface area contributed by atoms with Gasteiger partial charge in [0.05, 0.1) is 32.9 Å². The van der Waals surface area contributed by atoms with Crippen molar-refractivity contribution in [1.29, 1.82) is 0 Å². The standard InChI is InChI=1S/C29H29BFNO3S/c1-16-12-20(31)26-22-15-18-14-19(30-34-28(2,3)29(4,5)35-30)8-9-21(18)32(22)27(33-23(26)13-16)25-11-10-24(36-25)17-6-7-17/h8-15,17,27H,6-7H2,1-5H3. The molecular weight excluding hydrogens is 472 g/mol. The van der Waals surface area contributed by atoms with Crippen LogP contribution in [-0.2, 0) is 9.31 Å². The molecule has 1 saturated heterocycles. The lowest BCUT2D eigenvalue weighted by Crippen LogP contribution is -2.41. The van der Waals surface area contributed by atoms with Crippen LogP contribution in [0.1, 0.15) is 68.0 Å². The zero-order valence-electron chi connectivity index (χ0n) is 21.2. The topological polar surface area (TPSA) is 32.6 Å². The average Bonchev–Trinajstić information content (AvgIpc) is 3.33. The smallest absolute Gasteiger partial charge is 0.464 e. The first kappa shape index (κ1) is 22.6. The molecule has 0 bridgehead atoms. The van der Waals surface area contributed by atoms with E-state index in [-0.39, 0.29) is 12.0 Å². The van der Waals surface area contributed by atoms with Gasteiger partial charge in [-0.1, -0.05) is 12.1 Å². The van der Waals surface area contributed by atoms with Crippen LogP contribution in [0.2, 0.25) is 0 Å². The molecule has 2 fully saturated rings. The Morgan fingerprint density at radius 3 is 2.39 bits per heavy atom. The van der Waals surface area contributed by atoms with Crippen LogP contribution in [0.15, 0.2) is 48.5 Å². The first-order valence-electron chi connectivity index (χ1n) is 12.7. The van der Waals surface area contributed by atoms with E-state index in [1.165, 1.54) is 17.7 Å². The molecule has 4 nitrogen and oxygen atoms in total. The fourth-order valence-electron chi connectivity index (χ4n) is 5.32. The van der Waals surface area contributed by atoms with Crippen molar-refractivity contribution < 1.29 is 18.4 Å². The molecule has 2 aromatic carbocycles. The molecule has 0 N–H and O–H groups in total. The van der Waals surface area contributed by atoms with Gasteiger partial charge in [-0.15, -0.1) is 11.3 Å². The molecule has 0 radical (unpaired) electrons. The number of benzene rings is 2. The van der Waals surface area contributed by atoms with Crippen LogP contribution < -0.4 is 10.2 Å². The third kappa shape index (κ3) is 3.33. The Morgan fingerprint density at radius 1 is 0.944 bits per heavy atom. The molecule has 3 aliphatic rings. The van der Waals surface area contributed by atoms with Crippen molar-refractivity contribution in [3.05, 3.63) is 69.7 Å². The highest BCUT2D eigenvalue weighted by Gasteiger charge is 2.51. The molecule has 1 aliphatic carbocycles. The second kappa shape index (κ2) is 7.47. The van der Waals surface area contributed by atoms with Gasteiger partial charge >= 0.3 is 7.12 Å². The van der Waals surface area contributed by atoms with E-state index in [0.29, 0.717) is 17.2 Å². The van der Waals surface area contributed by atoms with Crippen molar-refractivity contribution in [3.8, 4) is 17.0 Å². The quantitative estimate of drug-likeness (QED) is 0.285. The normalized spacial score (nSPS) is 21.9. The number of nitrogens with zero attached hydrogens (tertiary/aromatic N) is 1. The SMILES string of the molecule is Cc1cc(F)c2c(c1)OC(c1ccc(C3CC3)s1)n1c-2cc2cc(B3OC(C)(C)C(C)(C)O3)ccc21. The Bertz CT molecular complexity index is 1520. The highest BCUT2D eigenvalue weighted by atomic mass is 32.1. The molecule has 7 heteroatoms. The monoisotopic (exact) mass is 501 g/mol. The summed E-state index contributed by atoms with van der Waals surface area (Å²) >= 11 is 1.81. The molecule has 1 unspecified atom stereocenters. The van der Waals surface area contributed by atoms with Gasteiger partial charge in [0.2, 0.25) is 6.23 Å². The van der Waals surface area contributed by atoms with Gasteiger partial charge in [-0.05, 0) is 101 Å². The van der Waals surface area contributed by atoms with Gasteiger partial charge in [0, 0.05) is 10.3 Å². The lowest BCUT2D eigenvalue weighted by molar-refractivity contribution is 0.00578. The first-order valence-corrected chi connectivity index (χ1v) is 13.5. The van der Waals surface area contributed by atoms with E-state index < -0.39 is 18.3 Å². The summed E-state index contributed by atoms with van der Waals surface area (Å²) in [5, 5.41) is 1.01. The van der Waals surface area contributed by atoms with E-state index in [9.17, 15) is 0 Å². The summed E-state index contributed by atoms with van der Waals surface area (Å²) in [6.45, 7) is 10.1. The highest BCUT2D eigenvalue weighted by Crippen LogP contribution is 2.49. The maximum Gasteiger partial charge on any atom is 0.494 e. The van der Waals surface area contributed by atoms with Gasteiger partial charge in [0.25, 0.3) is 0 Å². The molecular formula is C29H29BFNO3S. The molecule has 2 aromatic heterocycles. The summed E-state index contributed by atoms with van der Waals surface area (Å²) in [4.78, 5) is 2.55. The van der Waals surface area contributed by atoms with Crippen molar-refractivity contribution in [2.75, 3.05) is 0 Å². The van der Waals surface area contributed by atoms with E-state index in [1.807, 2.05) is 24.3 Å². The number of hydrogen-bond acceptors (Lipinski definition) is 4. The van der Waals surface area contributed by atoms with Gasteiger partial charge in [-0.3, -0.25) is 4.57 Å². The highest BCUT2D eigenvalue weighted by molar-refractivity contribution is 7.12. The Morgan fingerprint density at radius 2 is 1.67 bits per heavy atom. The number of halogens is 1. The van der Waals surface area contributed by atoms with Crippen LogP contribution in [0.5, 0.6) is 5.75 Å². The zero-order valence-corrected chi connectivity index (χ0v) is 22.0. The van der Waals surface area contributed by atoms with E-state index in [4.69, 9.17) is 14.0 Å². The summed E-state index contributed by atoms with van der Waals surface area (Å²) in [7, 11) is -0.451. The first-order chi connectivity index (χ1) is 17.1. The predicted octanol–water partition coefficient (Wildman–Crippen LogP) is 6.93. The lowest BCUT2D eigenvalue weighted by atomic mass is 9.78. The number of rotatable bonds is 3. The maximum absolute atomic E-state index is 15.4. The molecule has 2 aliphatic heterocycles. The fraction of sp³-hybridized carbons (Fsp3) is 0.379. The van der Waals surface area contributed by atoms with Crippen molar-refractivity contribution in [2.24, 2.45) is 0 Å². The summed E-state index contributed by atoms with van der Waals surface area (Å²) < 4.78 is 36.7.